The van der Waals surface area contributed by atoms with E-state index in [4.69, 9.17) is 0 Å². The maximum atomic E-state index is 14.7. The van der Waals surface area contributed by atoms with Crippen molar-refractivity contribution in [2.45, 2.75) is 82.9 Å². The molecule has 2 aromatic carbocycles. The van der Waals surface area contributed by atoms with Crippen molar-refractivity contribution in [2.24, 2.45) is 17.8 Å². The van der Waals surface area contributed by atoms with Gasteiger partial charge in [-0.3, -0.25) is 0 Å². The molecular weight excluding hydrogens is 509 g/mol. The number of rotatable bonds is 7. The number of alkyl halides is 5. The molecule has 2 fully saturated rings. The van der Waals surface area contributed by atoms with Crippen molar-refractivity contribution in [3.63, 3.8) is 0 Å². The minimum absolute atomic E-state index is 0.147. The topological polar surface area (TPSA) is 9.23 Å². The van der Waals surface area contributed by atoms with Crippen LogP contribution in [0.15, 0.2) is 48.6 Å². The molecule has 8 heteroatoms. The average Bonchev–Trinajstić information content (AvgIpc) is 2.86. The zero-order chi connectivity index (χ0) is 27.5. The maximum Gasteiger partial charge on any atom is 0.422 e. The first-order chi connectivity index (χ1) is 18.0. The van der Waals surface area contributed by atoms with E-state index >= 15 is 0 Å². The lowest BCUT2D eigenvalue weighted by Gasteiger charge is -2.33. The molecule has 0 spiro atoms. The second kappa shape index (κ2) is 11.7. The maximum absolute atomic E-state index is 14.7. The average molecular weight is 543 g/mol. The smallest absolute Gasteiger partial charge is 0.422 e. The molecule has 4 rings (SSSR count). The van der Waals surface area contributed by atoms with Gasteiger partial charge in [0, 0.05) is 12.1 Å². The fourth-order valence-electron chi connectivity index (χ4n) is 5.75. The Morgan fingerprint density at radius 1 is 0.763 bits per heavy atom. The molecule has 0 N–H and O–H groups in total. The van der Waals surface area contributed by atoms with Crippen molar-refractivity contribution in [2.75, 3.05) is 0 Å². The summed E-state index contributed by atoms with van der Waals surface area (Å²) in [6, 6.07) is 9.19. The predicted octanol–water partition coefficient (Wildman–Crippen LogP) is 9.85. The number of aryl methyl sites for hydroxylation is 1. The van der Waals surface area contributed by atoms with Crippen LogP contribution in [0.3, 0.4) is 0 Å². The van der Waals surface area contributed by atoms with Crippen molar-refractivity contribution >= 4 is 0 Å². The minimum atomic E-state index is -5.28. The summed E-state index contributed by atoms with van der Waals surface area (Å²) in [5, 5.41) is 0. The highest BCUT2D eigenvalue weighted by Gasteiger charge is 2.45. The fourth-order valence-corrected chi connectivity index (χ4v) is 5.75. The highest BCUT2D eigenvalue weighted by Crippen LogP contribution is 2.43. The van der Waals surface area contributed by atoms with E-state index in [1.54, 1.807) is 0 Å². The van der Waals surface area contributed by atoms with Crippen molar-refractivity contribution < 1.29 is 35.5 Å². The van der Waals surface area contributed by atoms with Crippen molar-refractivity contribution in [1.82, 2.24) is 0 Å². The molecular formula is C30H33F7O. The van der Waals surface area contributed by atoms with Crippen LogP contribution in [0.5, 0.6) is 5.75 Å². The summed E-state index contributed by atoms with van der Waals surface area (Å²) >= 11 is 0. The monoisotopic (exact) mass is 542 g/mol. The number of benzene rings is 2. The van der Waals surface area contributed by atoms with Crippen LogP contribution in [-0.2, 0) is 12.6 Å². The van der Waals surface area contributed by atoms with Gasteiger partial charge in [0.25, 0.3) is 0 Å². The predicted molar refractivity (Wildman–Crippen MR) is 132 cm³/mol. The summed E-state index contributed by atoms with van der Waals surface area (Å²) in [5.74, 6) is -4.89. The van der Waals surface area contributed by atoms with E-state index in [9.17, 15) is 30.7 Å². The number of hydrogen-bond donors (Lipinski definition) is 0. The van der Waals surface area contributed by atoms with Gasteiger partial charge in [0.1, 0.15) is 22.9 Å². The summed E-state index contributed by atoms with van der Waals surface area (Å²) in [4.78, 5) is 0. The molecule has 0 heterocycles. The van der Waals surface area contributed by atoms with Crippen LogP contribution in [0.4, 0.5) is 30.7 Å². The van der Waals surface area contributed by atoms with E-state index in [1.807, 2.05) is 0 Å². The molecule has 2 aliphatic rings. The molecule has 0 unspecified atom stereocenters. The van der Waals surface area contributed by atoms with Gasteiger partial charge in [-0.15, -0.1) is 0 Å². The molecule has 38 heavy (non-hydrogen) atoms. The second-order valence-corrected chi connectivity index (χ2v) is 10.6. The zero-order valence-corrected chi connectivity index (χ0v) is 21.3. The molecule has 0 amide bonds. The van der Waals surface area contributed by atoms with Crippen molar-refractivity contribution in [3.8, 4) is 5.75 Å². The third kappa shape index (κ3) is 6.92. The van der Waals surface area contributed by atoms with E-state index < -0.39 is 41.2 Å². The Kier molecular flexibility index (Phi) is 8.78. The summed E-state index contributed by atoms with van der Waals surface area (Å²) < 4.78 is 99.6. The van der Waals surface area contributed by atoms with Gasteiger partial charge in [-0.1, -0.05) is 43.3 Å². The first kappa shape index (κ1) is 28.5. The van der Waals surface area contributed by atoms with Gasteiger partial charge in [0.2, 0.25) is 0 Å². The van der Waals surface area contributed by atoms with Crippen LogP contribution in [0.25, 0.3) is 0 Å². The van der Waals surface area contributed by atoms with Crippen LogP contribution in [-0.4, -0.2) is 6.11 Å². The van der Waals surface area contributed by atoms with Gasteiger partial charge in [0.15, 0.2) is 0 Å². The largest absolute Gasteiger partial charge is 0.432 e. The van der Waals surface area contributed by atoms with Crippen LogP contribution >= 0.6 is 0 Å². The molecule has 0 saturated heterocycles. The normalized spacial score (nSPS) is 25.1. The summed E-state index contributed by atoms with van der Waals surface area (Å²) in [6.07, 6.45) is 2.15. The first-order valence-corrected chi connectivity index (χ1v) is 13.4. The van der Waals surface area contributed by atoms with E-state index in [0.717, 1.165) is 32.1 Å². The van der Waals surface area contributed by atoms with Crippen LogP contribution in [0.1, 0.15) is 80.9 Å². The SMILES string of the molecule is CCc1ccc(C2CCC(/C=C/C3CCC(C(F)(F)Oc4cc(F)c(C(F)(F)F)c(F)c4)CC3)CC2)cc1. The van der Waals surface area contributed by atoms with Crippen LogP contribution < -0.4 is 4.74 Å². The minimum Gasteiger partial charge on any atom is -0.432 e. The quantitative estimate of drug-likeness (QED) is 0.250. The summed E-state index contributed by atoms with van der Waals surface area (Å²) in [6.45, 7) is 2.15. The molecule has 0 atom stereocenters. The Morgan fingerprint density at radius 3 is 1.74 bits per heavy atom. The Labute approximate surface area is 219 Å². The molecule has 2 aliphatic carbocycles. The van der Waals surface area contributed by atoms with E-state index in [1.165, 1.54) is 11.1 Å². The highest BCUT2D eigenvalue weighted by atomic mass is 19.4. The van der Waals surface area contributed by atoms with Crippen LogP contribution in [0.2, 0.25) is 0 Å². The van der Waals surface area contributed by atoms with Crippen molar-refractivity contribution in [1.29, 1.82) is 0 Å². The van der Waals surface area contributed by atoms with Gasteiger partial charge in [0.05, 0.1) is 5.92 Å². The Hall–Kier alpha value is -2.51. The molecule has 0 radical (unpaired) electrons. The molecule has 0 bridgehead atoms. The Balaban J connectivity index is 1.25. The van der Waals surface area contributed by atoms with E-state index in [-0.39, 0.29) is 30.9 Å². The summed E-state index contributed by atoms with van der Waals surface area (Å²) in [5.41, 5.74) is 0.610. The standard InChI is InChI=1S/C30H33F7O/c1-2-19-5-11-22(12-6-19)23-13-7-20(8-14-23)3-4-21-9-15-24(16-10-21)30(36,37)38-25-17-26(31)28(27(32)18-25)29(33,34)35/h3-6,11-12,17-18,20-21,23-24H,2,7-10,13-16H2,1H3/b4-3+. The first-order valence-electron chi connectivity index (χ1n) is 13.4. The zero-order valence-electron chi connectivity index (χ0n) is 21.3. The van der Waals surface area contributed by atoms with Gasteiger partial charge < -0.3 is 4.74 Å². The molecule has 2 saturated carbocycles. The lowest BCUT2D eigenvalue weighted by atomic mass is 9.77. The lowest BCUT2D eigenvalue weighted by molar-refractivity contribution is -0.223. The number of ether oxygens (including phenoxy) is 1. The van der Waals surface area contributed by atoms with E-state index in [2.05, 4.69) is 48.1 Å². The molecule has 0 aromatic heterocycles. The van der Waals surface area contributed by atoms with Crippen molar-refractivity contribution in [3.05, 3.63) is 76.9 Å². The third-order valence-electron chi connectivity index (χ3n) is 8.09. The number of halogens is 7. The molecule has 1 nitrogen and oxygen atoms in total. The molecule has 2 aromatic rings. The molecule has 208 valence electrons. The van der Waals surface area contributed by atoms with Gasteiger partial charge in [-0.05, 0) is 86.7 Å². The Bertz CT molecular complexity index is 1070. The number of allylic oxidation sites excluding steroid dienone is 2. The Morgan fingerprint density at radius 2 is 1.26 bits per heavy atom. The van der Waals surface area contributed by atoms with Crippen LogP contribution in [0, 0.1) is 29.4 Å². The fraction of sp³-hybridized carbons (Fsp3) is 0.533. The number of hydrogen-bond acceptors (Lipinski definition) is 1. The highest BCUT2D eigenvalue weighted by molar-refractivity contribution is 5.32. The van der Waals surface area contributed by atoms with E-state index in [0.29, 0.717) is 24.7 Å². The summed E-state index contributed by atoms with van der Waals surface area (Å²) in [7, 11) is 0. The second-order valence-electron chi connectivity index (χ2n) is 10.6. The molecule has 0 aliphatic heterocycles. The van der Waals surface area contributed by atoms with Gasteiger partial charge in [-0.25, -0.2) is 8.78 Å². The van der Waals surface area contributed by atoms with Gasteiger partial charge in [-0.2, -0.15) is 22.0 Å². The van der Waals surface area contributed by atoms with Gasteiger partial charge >= 0.3 is 12.3 Å². The third-order valence-corrected chi connectivity index (χ3v) is 8.09. The lowest BCUT2D eigenvalue weighted by Crippen LogP contribution is -2.37.